The first-order valence-electron chi connectivity index (χ1n) is 9.30. The lowest BCUT2D eigenvalue weighted by Crippen LogP contribution is -2.40. The molecule has 8 heteroatoms. The van der Waals surface area contributed by atoms with Crippen molar-refractivity contribution in [3.05, 3.63) is 33.6 Å². The Balaban J connectivity index is 1.57. The molecule has 2 aliphatic heterocycles. The van der Waals surface area contributed by atoms with Crippen molar-refractivity contribution in [2.24, 2.45) is 0 Å². The molecule has 7 nitrogen and oxygen atoms in total. The molecular formula is C19H25N5O2S. The fourth-order valence-corrected chi connectivity index (χ4v) is 4.22. The van der Waals surface area contributed by atoms with E-state index in [0.717, 1.165) is 48.1 Å². The maximum absolute atomic E-state index is 12.7. The van der Waals surface area contributed by atoms with Gasteiger partial charge in [0.2, 0.25) is 11.9 Å². The molecule has 0 unspecified atom stereocenters. The summed E-state index contributed by atoms with van der Waals surface area (Å²) < 4.78 is 5.44. The first-order chi connectivity index (χ1) is 13.1. The van der Waals surface area contributed by atoms with E-state index in [1.807, 2.05) is 40.7 Å². The van der Waals surface area contributed by atoms with E-state index in [9.17, 15) is 4.79 Å². The lowest BCUT2D eigenvalue weighted by Gasteiger charge is -2.33. The van der Waals surface area contributed by atoms with Gasteiger partial charge in [-0.25, -0.2) is 4.98 Å². The van der Waals surface area contributed by atoms with Gasteiger partial charge in [-0.2, -0.15) is 16.3 Å². The second-order valence-electron chi connectivity index (χ2n) is 7.14. The van der Waals surface area contributed by atoms with Gasteiger partial charge >= 0.3 is 0 Å². The molecule has 0 N–H and O–H groups in total. The quantitative estimate of drug-likeness (QED) is 0.794. The van der Waals surface area contributed by atoms with E-state index in [0.29, 0.717) is 32.7 Å². The third-order valence-electron chi connectivity index (χ3n) is 5.03. The average Bonchev–Trinajstić information content (AvgIpc) is 3.20. The van der Waals surface area contributed by atoms with Gasteiger partial charge in [0.25, 0.3) is 0 Å². The van der Waals surface area contributed by atoms with Gasteiger partial charge in [0.1, 0.15) is 5.82 Å². The van der Waals surface area contributed by atoms with Crippen LogP contribution < -0.4 is 9.80 Å². The van der Waals surface area contributed by atoms with Gasteiger partial charge < -0.3 is 19.4 Å². The number of fused-ring (bicyclic) bond motifs is 1. The minimum Gasteiger partial charge on any atom is -0.378 e. The molecule has 1 amide bonds. The molecule has 0 saturated carbocycles. The Labute approximate surface area is 163 Å². The molecule has 4 rings (SSSR count). The van der Waals surface area contributed by atoms with Gasteiger partial charge in [0.15, 0.2) is 0 Å². The van der Waals surface area contributed by atoms with Crippen LogP contribution in [0, 0.1) is 0 Å². The maximum atomic E-state index is 12.7. The number of rotatable bonds is 4. The number of thiophene rings is 1. The predicted molar refractivity (Wildman–Crippen MR) is 107 cm³/mol. The van der Waals surface area contributed by atoms with Crippen molar-refractivity contribution in [1.82, 2.24) is 14.9 Å². The third kappa shape index (κ3) is 3.91. The van der Waals surface area contributed by atoms with E-state index in [-0.39, 0.29) is 5.91 Å². The number of nitrogens with zero attached hydrogens (tertiary/aromatic N) is 5. The molecule has 2 aromatic rings. The molecule has 0 spiro atoms. The van der Waals surface area contributed by atoms with E-state index in [4.69, 9.17) is 14.7 Å². The summed E-state index contributed by atoms with van der Waals surface area (Å²) in [7, 11) is 4.00. The first-order valence-corrected chi connectivity index (χ1v) is 10.2. The van der Waals surface area contributed by atoms with Gasteiger partial charge in [-0.15, -0.1) is 0 Å². The summed E-state index contributed by atoms with van der Waals surface area (Å²) in [5.74, 6) is 1.86. The van der Waals surface area contributed by atoms with Crippen LogP contribution in [0.15, 0.2) is 16.8 Å². The summed E-state index contributed by atoms with van der Waals surface area (Å²) in [6.07, 6.45) is 1.23. The van der Waals surface area contributed by atoms with Gasteiger partial charge in [-0.1, -0.05) is 0 Å². The Morgan fingerprint density at radius 2 is 2.07 bits per heavy atom. The molecule has 1 fully saturated rings. The third-order valence-corrected chi connectivity index (χ3v) is 5.76. The van der Waals surface area contributed by atoms with Crippen molar-refractivity contribution in [3.63, 3.8) is 0 Å². The Kier molecular flexibility index (Phi) is 5.27. The summed E-state index contributed by atoms with van der Waals surface area (Å²) in [6.45, 7) is 4.34. The molecule has 2 aliphatic rings. The molecule has 144 valence electrons. The molecule has 0 bridgehead atoms. The van der Waals surface area contributed by atoms with Crippen LogP contribution in [0.5, 0.6) is 0 Å². The Bertz CT molecular complexity index is 803. The van der Waals surface area contributed by atoms with Gasteiger partial charge in [0.05, 0.1) is 31.9 Å². The van der Waals surface area contributed by atoms with E-state index in [1.54, 1.807) is 11.3 Å². The van der Waals surface area contributed by atoms with Crippen LogP contribution in [0.1, 0.15) is 16.8 Å². The van der Waals surface area contributed by atoms with Crippen molar-refractivity contribution >= 4 is 29.0 Å². The van der Waals surface area contributed by atoms with Gasteiger partial charge in [-0.05, 0) is 22.4 Å². The standard InChI is InChI=1S/C19H25N5O2S/c1-22(2)18-15-12-24(17(25)11-14-4-10-27-13-14)5-3-16(15)20-19(21-18)23-6-8-26-9-7-23/h4,10,13H,3,5-9,11-12H2,1-2H3. The number of morpholine rings is 1. The van der Waals surface area contributed by atoms with Gasteiger partial charge in [0, 0.05) is 45.7 Å². The number of aromatic nitrogens is 2. The zero-order chi connectivity index (χ0) is 18.8. The normalized spacial score (nSPS) is 17.0. The van der Waals surface area contributed by atoms with Crippen LogP contribution in [0.3, 0.4) is 0 Å². The predicted octanol–water partition coefficient (Wildman–Crippen LogP) is 1.57. The molecule has 4 heterocycles. The van der Waals surface area contributed by atoms with E-state index in [1.165, 1.54) is 0 Å². The fraction of sp³-hybridized carbons (Fsp3) is 0.526. The second kappa shape index (κ2) is 7.82. The maximum Gasteiger partial charge on any atom is 0.227 e. The zero-order valence-corrected chi connectivity index (χ0v) is 16.7. The highest BCUT2D eigenvalue weighted by atomic mass is 32.1. The average molecular weight is 388 g/mol. The van der Waals surface area contributed by atoms with Crippen molar-refractivity contribution in [2.45, 2.75) is 19.4 Å². The number of carbonyl (C=O) groups excluding carboxylic acids is 1. The Morgan fingerprint density at radius 3 is 2.78 bits per heavy atom. The van der Waals surface area contributed by atoms with Crippen LogP contribution in [0.25, 0.3) is 0 Å². The molecule has 0 aliphatic carbocycles. The lowest BCUT2D eigenvalue weighted by molar-refractivity contribution is -0.131. The van der Waals surface area contributed by atoms with E-state index < -0.39 is 0 Å². The monoisotopic (exact) mass is 387 g/mol. The Morgan fingerprint density at radius 1 is 1.26 bits per heavy atom. The van der Waals surface area contributed by atoms with E-state index in [2.05, 4.69) is 4.90 Å². The Hall–Kier alpha value is -2.19. The zero-order valence-electron chi connectivity index (χ0n) is 15.8. The topological polar surface area (TPSA) is 61.8 Å². The summed E-state index contributed by atoms with van der Waals surface area (Å²) in [5.41, 5.74) is 3.22. The number of hydrogen-bond acceptors (Lipinski definition) is 7. The SMILES string of the molecule is CN(C)c1nc(N2CCOCC2)nc2c1CN(C(=O)Cc1ccsc1)CC2. The number of hydrogen-bond donors (Lipinski definition) is 0. The number of amides is 1. The van der Waals surface area contributed by atoms with Crippen LogP contribution in [-0.2, 0) is 28.9 Å². The molecule has 2 aromatic heterocycles. The van der Waals surface area contributed by atoms with Crippen LogP contribution >= 0.6 is 11.3 Å². The minimum atomic E-state index is 0.168. The van der Waals surface area contributed by atoms with Crippen LogP contribution in [0.2, 0.25) is 0 Å². The molecular weight excluding hydrogens is 362 g/mol. The van der Waals surface area contributed by atoms with Crippen molar-refractivity contribution in [3.8, 4) is 0 Å². The number of anilines is 2. The van der Waals surface area contributed by atoms with Crippen molar-refractivity contribution < 1.29 is 9.53 Å². The number of ether oxygens (including phenoxy) is 1. The number of carbonyl (C=O) groups is 1. The van der Waals surface area contributed by atoms with Crippen LogP contribution in [0.4, 0.5) is 11.8 Å². The molecule has 0 radical (unpaired) electrons. The van der Waals surface area contributed by atoms with E-state index >= 15 is 0 Å². The highest BCUT2D eigenvalue weighted by Gasteiger charge is 2.27. The largest absolute Gasteiger partial charge is 0.378 e. The highest BCUT2D eigenvalue weighted by Crippen LogP contribution is 2.28. The highest BCUT2D eigenvalue weighted by molar-refractivity contribution is 7.08. The van der Waals surface area contributed by atoms with Gasteiger partial charge in [-0.3, -0.25) is 4.79 Å². The lowest BCUT2D eigenvalue weighted by atomic mass is 10.0. The summed E-state index contributed by atoms with van der Waals surface area (Å²) in [5, 5.41) is 4.05. The van der Waals surface area contributed by atoms with Crippen molar-refractivity contribution in [2.75, 3.05) is 56.7 Å². The molecule has 1 saturated heterocycles. The summed E-state index contributed by atoms with van der Waals surface area (Å²) >= 11 is 1.63. The molecule has 27 heavy (non-hydrogen) atoms. The van der Waals surface area contributed by atoms with Crippen molar-refractivity contribution in [1.29, 1.82) is 0 Å². The molecule has 0 aromatic carbocycles. The van der Waals surface area contributed by atoms with Crippen LogP contribution in [-0.4, -0.2) is 67.7 Å². The first kappa shape index (κ1) is 18.2. The second-order valence-corrected chi connectivity index (χ2v) is 7.92. The summed E-state index contributed by atoms with van der Waals surface area (Å²) in [4.78, 5) is 28.5. The minimum absolute atomic E-state index is 0.168. The smallest absolute Gasteiger partial charge is 0.227 e. The molecule has 0 atom stereocenters. The summed E-state index contributed by atoms with van der Waals surface area (Å²) in [6, 6.07) is 2.02. The fourth-order valence-electron chi connectivity index (χ4n) is 3.55.